The molecule has 0 radical (unpaired) electrons. The molecule has 0 fully saturated rings. The van der Waals surface area contributed by atoms with Gasteiger partial charge in [-0.15, -0.1) is 0 Å². The molecular formula is C47H94NO2+. The van der Waals surface area contributed by atoms with Crippen LogP contribution in [-0.2, 0) is 9.53 Å². The molecule has 0 aromatic heterocycles. The van der Waals surface area contributed by atoms with Gasteiger partial charge in [-0.1, -0.05) is 220 Å². The summed E-state index contributed by atoms with van der Waals surface area (Å²) in [5, 5.41) is 0. The number of hydrogen-bond acceptors (Lipinski definition) is 2. The second kappa shape index (κ2) is 40.9. The minimum Gasteiger partial charge on any atom is -0.457 e. The molecule has 0 unspecified atom stereocenters. The third-order valence-corrected chi connectivity index (χ3v) is 11.4. The maximum atomic E-state index is 12.0. The number of hydrogen-bond donors (Lipinski definition) is 0. The second-order valence-corrected chi connectivity index (χ2v) is 16.3. The van der Waals surface area contributed by atoms with Gasteiger partial charge in [0.25, 0.3) is 0 Å². The van der Waals surface area contributed by atoms with Gasteiger partial charge in [-0.05, 0) is 38.5 Å². The van der Waals surface area contributed by atoms with E-state index in [1.807, 2.05) is 0 Å². The summed E-state index contributed by atoms with van der Waals surface area (Å²) < 4.78 is 6.78. The predicted octanol–water partition coefficient (Wildman–Crippen LogP) is 15.6. The van der Waals surface area contributed by atoms with Crippen molar-refractivity contribution in [2.75, 3.05) is 32.8 Å². The van der Waals surface area contributed by atoms with Crippen LogP contribution < -0.4 is 0 Å². The van der Waals surface area contributed by atoms with Gasteiger partial charge in [0.05, 0.1) is 19.6 Å². The summed E-state index contributed by atoms with van der Waals surface area (Å²) in [6.07, 6.45) is 51.8. The lowest BCUT2D eigenvalue weighted by molar-refractivity contribution is -0.929. The molecule has 298 valence electrons. The van der Waals surface area contributed by atoms with E-state index in [0.29, 0.717) is 6.61 Å². The van der Waals surface area contributed by atoms with E-state index >= 15 is 0 Å². The molecule has 0 aliphatic rings. The number of carbonyl (C=O) groups is 1. The number of quaternary nitrogens is 1. The maximum Gasteiger partial charge on any atom is 0.330 e. The summed E-state index contributed by atoms with van der Waals surface area (Å²) in [5.74, 6) is -0.260. The Hall–Kier alpha value is -0.830. The van der Waals surface area contributed by atoms with Gasteiger partial charge < -0.3 is 9.22 Å². The van der Waals surface area contributed by atoms with Crippen LogP contribution in [0.2, 0.25) is 0 Å². The first-order chi connectivity index (χ1) is 24.6. The summed E-state index contributed by atoms with van der Waals surface area (Å²) in [5.41, 5.74) is 0. The lowest BCUT2D eigenvalue weighted by Crippen LogP contribution is -2.52. The summed E-state index contributed by atoms with van der Waals surface area (Å²) in [4.78, 5) is 12.0. The molecule has 50 heavy (non-hydrogen) atoms. The molecular weight excluding hydrogens is 611 g/mol. The fourth-order valence-corrected chi connectivity index (χ4v) is 7.93. The Labute approximate surface area is 316 Å². The molecule has 0 bridgehead atoms. The van der Waals surface area contributed by atoms with E-state index in [2.05, 4.69) is 27.4 Å². The van der Waals surface area contributed by atoms with Crippen molar-refractivity contribution in [1.82, 2.24) is 0 Å². The Balaban J connectivity index is 4.74. The zero-order valence-corrected chi connectivity index (χ0v) is 35.0. The van der Waals surface area contributed by atoms with E-state index in [9.17, 15) is 4.79 Å². The highest BCUT2D eigenvalue weighted by atomic mass is 16.5. The second-order valence-electron chi connectivity index (χ2n) is 16.3. The van der Waals surface area contributed by atoms with Crippen LogP contribution >= 0.6 is 0 Å². The summed E-state index contributed by atoms with van der Waals surface area (Å²) in [6, 6.07) is 0. The molecule has 0 aromatic carbocycles. The van der Waals surface area contributed by atoms with Gasteiger partial charge in [-0.2, -0.15) is 0 Å². The van der Waals surface area contributed by atoms with E-state index in [-0.39, 0.29) is 5.97 Å². The van der Waals surface area contributed by atoms with Gasteiger partial charge in [0.2, 0.25) is 0 Å². The van der Waals surface area contributed by atoms with Gasteiger partial charge in [0.15, 0.2) is 0 Å². The standard InChI is InChI=1S/C47H94NO2/c1-5-9-12-15-18-21-24-27-30-33-36-39-42-48(45-46-50-47(49)8-4,43-40-37-34-31-28-25-22-19-16-13-10-6-2)44-41-38-35-32-29-26-23-20-17-14-11-7-3/h8H,4-7,9-46H2,1-3H3/q+1. The number of rotatable bonds is 43. The van der Waals surface area contributed by atoms with Crippen LogP contribution in [0.4, 0.5) is 0 Å². The van der Waals surface area contributed by atoms with Crippen molar-refractivity contribution in [1.29, 1.82) is 0 Å². The van der Waals surface area contributed by atoms with Crippen molar-refractivity contribution in [3.63, 3.8) is 0 Å². The molecule has 0 atom stereocenters. The molecule has 0 saturated carbocycles. The molecule has 0 aliphatic carbocycles. The summed E-state index contributed by atoms with van der Waals surface area (Å²) >= 11 is 0. The van der Waals surface area contributed by atoms with Crippen LogP contribution in [-0.4, -0.2) is 43.2 Å². The number of carbonyl (C=O) groups excluding carboxylic acids is 1. The fourth-order valence-electron chi connectivity index (χ4n) is 7.93. The molecule has 3 nitrogen and oxygen atoms in total. The van der Waals surface area contributed by atoms with Crippen molar-refractivity contribution >= 4 is 5.97 Å². The van der Waals surface area contributed by atoms with E-state index in [4.69, 9.17) is 4.74 Å². The highest BCUT2D eigenvalue weighted by molar-refractivity contribution is 5.81. The van der Waals surface area contributed by atoms with Crippen molar-refractivity contribution in [3.8, 4) is 0 Å². The van der Waals surface area contributed by atoms with Gasteiger partial charge >= 0.3 is 5.97 Å². The first-order valence-electron chi connectivity index (χ1n) is 23.3. The SMILES string of the molecule is C=CC(=O)OCC[N+](CCCCCCCCCCCCCC)(CCCCCCCCCCCCCC)CCCCCCCCCCCCCC. The Morgan fingerprint density at radius 2 is 0.600 bits per heavy atom. The molecule has 0 rings (SSSR count). The topological polar surface area (TPSA) is 26.3 Å². The van der Waals surface area contributed by atoms with Crippen LogP contribution in [0.3, 0.4) is 0 Å². The van der Waals surface area contributed by atoms with Gasteiger partial charge in [-0.3, -0.25) is 0 Å². The van der Waals surface area contributed by atoms with E-state index in [0.717, 1.165) is 11.0 Å². The lowest BCUT2D eigenvalue weighted by Gasteiger charge is -2.39. The average Bonchev–Trinajstić information content (AvgIpc) is 3.12. The normalized spacial score (nSPS) is 11.7. The predicted molar refractivity (Wildman–Crippen MR) is 224 cm³/mol. The van der Waals surface area contributed by atoms with Crippen LogP contribution in [0, 0.1) is 0 Å². The highest BCUT2D eigenvalue weighted by Gasteiger charge is 2.26. The van der Waals surface area contributed by atoms with Crippen LogP contribution in [0.5, 0.6) is 0 Å². The molecule has 0 aliphatic heterocycles. The Morgan fingerprint density at radius 1 is 0.380 bits per heavy atom. The third-order valence-electron chi connectivity index (χ3n) is 11.4. The molecule has 0 N–H and O–H groups in total. The number of unbranched alkanes of at least 4 members (excludes halogenated alkanes) is 33. The van der Waals surface area contributed by atoms with Gasteiger partial charge in [-0.25, -0.2) is 4.79 Å². The minimum atomic E-state index is -0.260. The van der Waals surface area contributed by atoms with Crippen LogP contribution in [0.15, 0.2) is 12.7 Å². The monoisotopic (exact) mass is 705 g/mol. The number of ether oxygens (including phenoxy) is 1. The van der Waals surface area contributed by atoms with E-state index in [1.54, 1.807) is 0 Å². The third kappa shape index (κ3) is 35.6. The lowest BCUT2D eigenvalue weighted by atomic mass is 10.0. The Kier molecular flexibility index (Phi) is 40.3. The average molecular weight is 705 g/mol. The van der Waals surface area contributed by atoms with E-state index < -0.39 is 0 Å². The summed E-state index contributed by atoms with van der Waals surface area (Å²) in [7, 11) is 0. The largest absolute Gasteiger partial charge is 0.457 e. The zero-order valence-electron chi connectivity index (χ0n) is 35.0. The molecule has 0 amide bonds. The van der Waals surface area contributed by atoms with Crippen molar-refractivity contribution in [2.24, 2.45) is 0 Å². The Morgan fingerprint density at radius 3 is 0.820 bits per heavy atom. The smallest absolute Gasteiger partial charge is 0.330 e. The molecule has 0 heterocycles. The van der Waals surface area contributed by atoms with Gasteiger partial charge in [0, 0.05) is 6.08 Å². The minimum absolute atomic E-state index is 0.260. The molecule has 0 aromatic rings. The number of nitrogens with zero attached hydrogens (tertiary/aromatic N) is 1. The van der Waals surface area contributed by atoms with Crippen LogP contribution in [0.25, 0.3) is 0 Å². The first kappa shape index (κ1) is 49.2. The van der Waals surface area contributed by atoms with Crippen molar-refractivity contribution < 1.29 is 14.0 Å². The van der Waals surface area contributed by atoms with Gasteiger partial charge in [0.1, 0.15) is 13.2 Å². The highest BCUT2D eigenvalue weighted by Crippen LogP contribution is 2.20. The number of esters is 1. The quantitative estimate of drug-likeness (QED) is 0.0273. The van der Waals surface area contributed by atoms with E-state index in [1.165, 1.54) is 257 Å². The van der Waals surface area contributed by atoms with Crippen molar-refractivity contribution in [3.05, 3.63) is 12.7 Å². The van der Waals surface area contributed by atoms with Crippen molar-refractivity contribution in [2.45, 2.75) is 252 Å². The first-order valence-corrected chi connectivity index (χ1v) is 23.3. The zero-order chi connectivity index (χ0) is 36.5. The maximum absolute atomic E-state index is 12.0. The molecule has 0 saturated heterocycles. The fraction of sp³-hybridized carbons (Fsp3) is 0.936. The molecule has 3 heteroatoms. The molecule has 0 spiro atoms. The van der Waals surface area contributed by atoms with Crippen LogP contribution in [0.1, 0.15) is 252 Å². The Bertz CT molecular complexity index is 607. The summed E-state index contributed by atoms with van der Waals surface area (Å²) in [6.45, 7) is 15.9.